The molecule has 0 aliphatic heterocycles. The molecule has 4 fully saturated rings. The molecular formula is C40H55IO8. The van der Waals surface area contributed by atoms with Crippen molar-refractivity contribution in [2.45, 2.75) is 149 Å². The van der Waals surface area contributed by atoms with Gasteiger partial charge >= 0.3 is 11.9 Å². The van der Waals surface area contributed by atoms with E-state index in [0.29, 0.717) is 53.9 Å². The van der Waals surface area contributed by atoms with E-state index in [9.17, 15) is 28.8 Å². The van der Waals surface area contributed by atoms with Crippen molar-refractivity contribution >= 4 is 59.3 Å². The van der Waals surface area contributed by atoms with E-state index < -0.39 is 31.9 Å². The number of hydrogen-bond donors (Lipinski definition) is 0. The Labute approximate surface area is 302 Å². The van der Waals surface area contributed by atoms with Crippen molar-refractivity contribution in [1.29, 1.82) is 0 Å². The molecule has 0 heterocycles. The number of carbonyl (C=O) groups is 6. The monoisotopic (exact) mass is 790 g/mol. The van der Waals surface area contributed by atoms with E-state index in [4.69, 9.17) is 9.47 Å². The minimum absolute atomic E-state index is 0.0681. The minimum Gasteiger partial charge on any atom is -0.460 e. The van der Waals surface area contributed by atoms with Gasteiger partial charge in [0, 0.05) is 42.1 Å². The maximum atomic E-state index is 12.8. The molecule has 0 radical (unpaired) electrons. The van der Waals surface area contributed by atoms with Crippen LogP contribution in [-0.2, 0) is 38.2 Å². The summed E-state index contributed by atoms with van der Waals surface area (Å²) in [7, 11) is 0. The van der Waals surface area contributed by atoms with Gasteiger partial charge in [0.2, 0.25) is 0 Å². The number of esters is 2. The average Bonchev–Trinajstić information content (AvgIpc) is 2.96. The first kappa shape index (κ1) is 39.2. The number of carbonyl (C=O) groups excluding carboxylic acids is 6. The van der Waals surface area contributed by atoms with E-state index in [1.807, 2.05) is 71.9 Å². The molecule has 8 nitrogen and oxygen atoms in total. The Morgan fingerprint density at radius 1 is 0.653 bits per heavy atom. The molecule has 0 N–H and O–H groups in total. The molecular weight excluding hydrogens is 735 g/mol. The molecule has 9 heteroatoms. The lowest BCUT2D eigenvalue weighted by Gasteiger charge is -2.42. The molecule has 0 amide bonds. The van der Waals surface area contributed by atoms with Gasteiger partial charge in [-0.1, -0.05) is 38.9 Å². The van der Waals surface area contributed by atoms with Crippen molar-refractivity contribution in [2.75, 3.05) is 0 Å². The van der Waals surface area contributed by atoms with Gasteiger partial charge in [0.1, 0.15) is 22.8 Å². The van der Waals surface area contributed by atoms with Crippen LogP contribution in [0, 0.1) is 26.2 Å². The largest absolute Gasteiger partial charge is 0.460 e. The highest BCUT2D eigenvalue weighted by molar-refractivity contribution is 14.2. The van der Waals surface area contributed by atoms with Crippen molar-refractivity contribution in [2.24, 2.45) is 22.7 Å². The van der Waals surface area contributed by atoms with Gasteiger partial charge in [-0.2, -0.15) is 0 Å². The summed E-state index contributed by atoms with van der Waals surface area (Å²) in [5.41, 5.74) is -1.17. The Balaban J connectivity index is 0.000000230. The second kappa shape index (κ2) is 16.2. The topological polar surface area (TPSA) is 121 Å². The van der Waals surface area contributed by atoms with Crippen molar-refractivity contribution in [1.82, 2.24) is 0 Å². The normalized spacial score (nSPS) is 24.8. The van der Waals surface area contributed by atoms with Gasteiger partial charge in [-0.05, 0) is 128 Å². The van der Waals surface area contributed by atoms with Crippen LogP contribution in [0.4, 0.5) is 0 Å². The average molecular weight is 791 g/mol. The Morgan fingerprint density at radius 2 is 1.04 bits per heavy atom. The number of rotatable bonds is 5. The zero-order chi connectivity index (χ0) is 36.0. The van der Waals surface area contributed by atoms with E-state index in [-0.39, 0.29) is 52.3 Å². The first-order chi connectivity index (χ1) is 22.8. The van der Waals surface area contributed by atoms with Gasteiger partial charge in [0.05, 0.1) is 9.93 Å². The van der Waals surface area contributed by atoms with Gasteiger partial charge in [0.15, 0.2) is 11.6 Å². The van der Waals surface area contributed by atoms with E-state index in [1.54, 1.807) is 0 Å². The molecule has 0 saturated heterocycles. The third-order valence-corrected chi connectivity index (χ3v) is 13.2. The zero-order valence-electron chi connectivity index (χ0n) is 30.3. The van der Waals surface area contributed by atoms with Crippen molar-refractivity contribution < 1.29 is 38.2 Å². The Morgan fingerprint density at radius 3 is 1.43 bits per heavy atom. The van der Waals surface area contributed by atoms with Crippen LogP contribution in [0.5, 0.6) is 0 Å². The number of benzene rings is 1. The summed E-state index contributed by atoms with van der Waals surface area (Å²) in [5.74, 6) is 0.669. The number of hydrogen-bond acceptors (Lipinski definition) is 8. The molecule has 49 heavy (non-hydrogen) atoms. The van der Waals surface area contributed by atoms with E-state index in [2.05, 4.69) is 0 Å². The molecule has 0 atom stereocenters. The Bertz CT molecular complexity index is 1390. The smallest absolute Gasteiger partial charge is 0.306 e. The fourth-order valence-corrected chi connectivity index (χ4v) is 10.3. The summed E-state index contributed by atoms with van der Waals surface area (Å²) >= 11 is -0.693. The molecule has 1 aromatic carbocycles. The fourth-order valence-electron chi connectivity index (χ4n) is 7.92. The summed E-state index contributed by atoms with van der Waals surface area (Å²) < 4.78 is 12.5. The fraction of sp³-hybridized carbons (Fsp3) is 0.675. The van der Waals surface area contributed by atoms with Crippen LogP contribution in [0.3, 0.4) is 0 Å². The predicted octanol–water partition coefficient (Wildman–Crippen LogP) is 8.06. The summed E-state index contributed by atoms with van der Waals surface area (Å²) in [6.45, 7) is 11.3. The summed E-state index contributed by atoms with van der Waals surface area (Å²) in [6.07, 6.45) is 10.2. The predicted molar refractivity (Wildman–Crippen MR) is 197 cm³/mol. The van der Waals surface area contributed by atoms with Gasteiger partial charge < -0.3 is 9.47 Å². The maximum Gasteiger partial charge on any atom is 0.306 e. The molecule has 4 saturated carbocycles. The highest BCUT2D eigenvalue weighted by Gasteiger charge is 2.45. The van der Waals surface area contributed by atoms with E-state index in [0.717, 1.165) is 54.9 Å². The van der Waals surface area contributed by atoms with E-state index in [1.165, 1.54) is 0 Å². The van der Waals surface area contributed by atoms with Gasteiger partial charge in [0.25, 0.3) is 0 Å². The van der Waals surface area contributed by atoms with Crippen LogP contribution in [0.1, 0.15) is 138 Å². The molecule has 0 bridgehead atoms. The molecule has 4 aliphatic rings. The van der Waals surface area contributed by atoms with Crippen LogP contribution in [0.25, 0.3) is 0 Å². The van der Waals surface area contributed by atoms with Crippen LogP contribution < -0.4 is 0 Å². The summed E-state index contributed by atoms with van der Waals surface area (Å²) in [5, 5.41) is 0. The second-order valence-electron chi connectivity index (χ2n) is 17.0. The van der Waals surface area contributed by atoms with Crippen LogP contribution in [0.2, 0.25) is 0 Å². The first-order valence-corrected chi connectivity index (χ1v) is 20.1. The summed E-state index contributed by atoms with van der Waals surface area (Å²) in [6, 6.07) is 9.88. The zero-order valence-corrected chi connectivity index (χ0v) is 32.4. The molecule has 270 valence electrons. The standard InChI is InChI=1S/C23H29IO4.C17H26O4/c1-22(2,3)28-20(27)13-16-9-11-23(12-10-16)14-18(25)21(19(26)15-23)24-17-7-5-4-6-8-17;1-16(2,3)21-15(20)8-12-4-6-17(7-5-12)10-13(18)9-14(19)11-17/h4-8,16H,9-15H2,1-3H3;12H,4-11H2,1-3H3. The van der Waals surface area contributed by atoms with E-state index >= 15 is 0 Å². The van der Waals surface area contributed by atoms with Gasteiger partial charge in [-0.25, -0.2) is 0 Å². The van der Waals surface area contributed by atoms with Crippen molar-refractivity contribution in [3.05, 3.63) is 33.9 Å². The molecule has 1 aromatic rings. The third-order valence-electron chi connectivity index (χ3n) is 10.1. The Kier molecular flexibility index (Phi) is 13.0. The van der Waals surface area contributed by atoms with Crippen molar-refractivity contribution in [3.63, 3.8) is 0 Å². The SMILES string of the molecule is CC(C)(C)OC(=O)CC1CCC2(CC1)CC(=O)C(=Ic1ccccc1)C(=O)C2.CC(C)(C)OC(=O)CC1CCC2(CC1)CC(=O)CC(=O)C2. The Hall–Kier alpha value is -2.56. The molecule has 4 aliphatic carbocycles. The third kappa shape index (κ3) is 12.3. The quantitative estimate of drug-likeness (QED) is 0.167. The van der Waals surface area contributed by atoms with Crippen molar-refractivity contribution in [3.8, 4) is 0 Å². The van der Waals surface area contributed by atoms with Gasteiger partial charge in [-0.15, -0.1) is 0 Å². The summed E-state index contributed by atoms with van der Waals surface area (Å²) in [4.78, 5) is 72.9. The second-order valence-corrected chi connectivity index (χ2v) is 19.8. The molecule has 5 rings (SSSR count). The number of ketones is 4. The molecule has 2 spiro atoms. The van der Waals surface area contributed by atoms with Gasteiger partial charge in [-0.3, -0.25) is 28.8 Å². The highest BCUT2D eigenvalue weighted by Crippen LogP contribution is 2.49. The first-order valence-electron chi connectivity index (χ1n) is 17.9. The lowest BCUT2D eigenvalue weighted by molar-refractivity contribution is -0.157. The lowest BCUT2D eigenvalue weighted by atomic mass is 9.62. The number of Topliss-reactive ketones (excluding diaryl/α,β-unsaturated/α-hetero) is 4. The number of ether oxygens (including phenoxy) is 2. The minimum atomic E-state index is -0.693. The maximum absolute atomic E-state index is 12.8. The lowest BCUT2D eigenvalue weighted by Crippen LogP contribution is -2.42. The number of halogens is 1. The van der Waals surface area contributed by atoms with Crippen LogP contribution >= 0.6 is 20.7 Å². The highest BCUT2D eigenvalue weighted by atomic mass is 127. The van der Waals surface area contributed by atoms with Crippen LogP contribution in [0.15, 0.2) is 30.3 Å². The molecule has 0 aromatic heterocycles. The van der Waals surface area contributed by atoms with Crippen LogP contribution in [-0.4, -0.2) is 49.8 Å². The molecule has 0 unspecified atom stereocenters.